The second-order valence-electron chi connectivity index (χ2n) is 3.91. The van der Waals surface area contributed by atoms with Crippen LogP contribution >= 0.6 is 0 Å². The van der Waals surface area contributed by atoms with Gasteiger partial charge in [-0.2, -0.15) is 4.31 Å². The number of rotatable bonds is 2. The fourth-order valence-electron chi connectivity index (χ4n) is 1.76. The third-order valence-electron chi connectivity index (χ3n) is 2.60. The molecule has 1 aromatic rings. The molecule has 0 spiro atoms. The van der Waals surface area contributed by atoms with Crippen molar-refractivity contribution < 1.29 is 22.3 Å². The number of sulfonamides is 1. The van der Waals surface area contributed by atoms with Gasteiger partial charge >= 0.3 is 0 Å². The quantitative estimate of drug-likeness (QED) is 0.855. The summed E-state index contributed by atoms with van der Waals surface area (Å²) >= 11 is 0. The summed E-state index contributed by atoms with van der Waals surface area (Å²) in [6.07, 6.45) is -0.389. The minimum Gasteiger partial charge on any atom is -0.392 e. The van der Waals surface area contributed by atoms with Crippen LogP contribution in [-0.2, 0) is 10.0 Å². The molecule has 1 aliphatic heterocycles. The zero-order valence-corrected chi connectivity index (χ0v) is 9.62. The third-order valence-corrected chi connectivity index (χ3v) is 4.44. The van der Waals surface area contributed by atoms with Gasteiger partial charge in [0.2, 0.25) is 10.0 Å². The van der Waals surface area contributed by atoms with E-state index in [0.29, 0.717) is 12.5 Å². The van der Waals surface area contributed by atoms with Gasteiger partial charge < -0.3 is 5.11 Å². The number of aliphatic hydroxyl groups excluding tert-OH is 1. The molecule has 0 amide bonds. The molecule has 2 rings (SSSR count). The lowest BCUT2D eigenvalue weighted by atomic mass is 10.3. The molecule has 1 atom stereocenters. The topological polar surface area (TPSA) is 57.6 Å². The van der Waals surface area contributed by atoms with E-state index in [2.05, 4.69) is 0 Å². The van der Waals surface area contributed by atoms with Crippen LogP contribution < -0.4 is 0 Å². The Morgan fingerprint density at radius 3 is 2.29 bits per heavy atom. The highest BCUT2D eigenvalue weighted by molar-refractivity contribution is 7.89. The number of hydrogen-bond donors (Lipinski definition) is 1. The van der Waals surface area contributed by atoms with Gasteiger partial charge in [-0.1, -0.05) is 0 Å². The second kappa shape index (κ2) is 4.32. The summed E-state index contributed by atoms with van der Waals surface area (Å²) < 4.78 is 50.9. The van der Waals surface area contributed by atoms with Crippen molar-refractivity contribution >= 4 is 10.0 Å². The number of nitrogens with zero attached hydrogens (tertiary/aromatic N) is 1. The lowest BCUT2D eigenvalue weighted by Gasteiger charge is -2.15. The Bertz CT molecular complexity index is 512. The molecule has 1 heterocycles. The molecule has 0 aliphatic carbocycles. The van der Waals surface area contributed by atoms with Crippen molar-refractivity contribution in [3.05, 3.63) is 29.8 Å². The molecule has 0 saturated carbocycles. The van der Waals surface area contributed by atoms with E-state index in [0.717, 1.165) is 16.4 Å². The van der Waals surface area contributed by atoms with Crippen LogP contribution in [0.1, 0.15) is 6.42 Å². The predicted molar refractivity (Wildman–Crippen MR) is 55.7 cm³/mol. The summed E-state index contributed by atoms with van der Waals surface area (Å²) in [4.78, 5) is -0.427. The Hall–Kier alpha value is -1.05. The van der Waals surface area contributed by atoms with Gasteiger partial charge in [0.15, 0.2) is 0 Å². The summed E-state index contributed by atoms with van der Waals surface area (Å²) in [5.41, 5.74) is 0. The maximum Gasteiger partial charge on any atom is 0.243 e. The Morgan fingerprint density at radius 1 is 1.24 bits per heavy atom. The summed E-state index contributed by atoms with van der Waals surface area (Å²) in [5.74, 6) is -1.88. The molecule has 0 aromatic heterocycles. The average molecular weight is 263 g/mol. The molecule has 0 radical (unpaired) electrons. The molecule has 17 heavy (non-hydrogen) atoms. The molecule has 1 fully saturated rings. The van der Waals surface area contributed by atoms with Gasteiger partial charge in [0, 0.05) is 19.2 Å². The smallest absolute Gasteiger partial charge is 0.243 e. The van der Waals surface area contributed by atoms with Crippen molar-refractivity contribution in [1.82, 2.24) is 4.31 Å². The maximum absolute atomic E-state index is 12.9. The van der Waals surface area contributed by atoms with Crippen molar-refractivity contribution in [3.63, 3.8) is 0 Å². The van der Waals surface area contributed by atoms with Crippen molar-refractivity contribution in [2.45, 2.75) is 17.4 Å². The Morgan fingerprint density at radius 2 is 1.82 bits per heavy atom. The van der Waals surface area contributed by atoms with Crippen molar-refractivity contribution in [2.75, 3.05) is 13.1 Å². The highest BCUT2D eigenvalue weighted by atomic mass is 32.2. The van der Waals surface area contributed by atoms with E-state index in [9.17, 15) is 22.3 Å². The van der Waals surface area contributed by atoms with Crippen LogP contribution in [0.2, 0.25) is 0 Å². The highest BCUT2D eigenvalue weighted by Crippen LogP contribution is 2.22. The second-order valence-corrected chi connectivity index (χ2v) is 5.85. The van der Waals surface area contributed by atoms with Crippen LogP contribution in [0, 0.1) is 11.6 Å². The first kappa shape index (κ1) is 12.4. The van der Waals surface area contributed by atoms with Crippen molar-refractivity contribution in [3.8, 4) is 0 Å². The van der Waals surface area contributed by atoms with E-state index in [1.165, 1.54) is 0 Å². The Balaban J connectivity index is 2.38. The van der Waals surface area contributed by atoms with E-state index in [1.807, 2.05) is 0 Å². The molecule has 7 heteroatoms. The summed E-state index contributed by atoms with van der Waals surface area (Å²) in [5, 5.41) is 9.26. The fourth-order valence-corrected chi connectivity index (χ4v) is 3.29. The molecule has 94 valence electrons. The summed E-state index contributed by atoms with van der Waals surface area (Å²) in [6.45, 7) is 0.113. The summed E-state index contributed by atoms with van der Waals surface area (Å²) in [6, 6.07) is 2.14. The number of benzene rings is 1. The van der Waals surface area contributed by atoms with Crippen LogP contribution in [0.5, 0.6) is 0 Å². The first-order valence-electron chi connectivity index (χ1n) is 5.04. The number of β-amino-alcohol motifs (C(OH)–C–C–N with tert-alkyl or cyclic N) is 1. The van der Waals surface area contributed by atoms with Gasteiger partial charge in [0.25, 0.3) is 0 Å². The Labute approximate surface area is 97.5 Å². The van der Waals surface area contributed by atoms with Crippen molar-refractivity contribution in [1.29, 1.82) is 0 Å². The molecular formula is C10H11F2NO3S. The monoisotopic (exact) mass is 263 g/mol. The van der Waals surface area contributed by atoms with Crippen LogP contribution in [0.15, 0.2) is 23.1 Å². The number of hydrogen-bond acceptors (Lipinski definition) is 3. The lowest BCUT2D eigenvalue weighted by Crippen LogP contribution is -2.29. The fraction of sp³-hybridized carbons (Fsp3) is 0.400. The predicted octanol–water partition coefficient (Wildman–Crippen LogP) is 0.720. The van der Waals surface area contributed by atoms with Gasteiger partial charge in [0.05, 0.1) is 11.0 Å². The average Bonchev–Trinajstić information content (AvgIpc) is 2.64. The van der Waals surface area contributed by atoms with Crippen LogP contribution in [0.25, 0.3) is 0 Å². The maximum atomic E-state index is 12.9. The lowest BCUT2D eigenvalue weighted by molar-refractivity contribution is 0.189. The van der Waals surface area contributed by atoms with Crippen molar-refractivity contribution in [2.24, 2.45) is 0 Å². The van der Waals surface area contributed by atoms with E-state index in [4.69, 9.17) is 0 Å². The third kappa shape index (κ3) is 2.46. The standard InChI is InChI=1S/C10H11F2NO3S/c11-7-3-8(12)5-10(4-7)17(15,16)13-2-1-9(14)6-13/h3-5,9,14H,1-2,6H2/t9-/m1/s1. The SMILES string of the molecule is O=S(=O)(c1cc(F)cc(F)c1)N1CC[C@@H](O)C1. The van der Waals surface area contributed by atoms with E-state index < -0.39 is 32.7 Å². The van der Waals surface area contributed by atoms with Gasteiger partial charge in [-0.15, -0.1) is 0 Å². The van der Waals surface area contributed by atoms with E-state index >= 15 is 0 Å². The number of halogens is 2. The first-order valence-corrected chi connectivity index (χ1v) is 6.48. The minimum atomic E-state index is -3.92. The van der Waals surface area contributed by atoms with Gasteiger partial charge in [-0.25, -0.2) is 17.2 Å². The zero-order valence-electron chi connectivity index (χ0n) is 8.81. The highest BCUT2D eigenvalue weighted by Gasteiger charge is 2.32. The van der Waals surface area contributed by atoms with E-state index in [-0.39, 0.29) is 13.1 Å². The molecule has 0 bridgehead atoms. The van der Waals surface area contributed by atoms with Crippen LogP contribution in [-0.4, -0.2) is 37.0 Å². The minimum absolute atomic E-state index is 0.0412. The molecule has 1 aliphatic rings. The molecule has 1 N–H and O–H groups in total. The van der Waals surface area contributed by atoms with Gasteiger partial charge in [0.1, 0.15) is 11.6 Å². The first-order chi connectivity index (χ1) is 7.89. The van der Waals surface area contributed by atoms with Crippen LogP contribution in [0.4, 0.5) is 8.78 Å². The van der Waals surface area contributed by atoms with Gasteiger partial charge in [-0.3, -0.25) is 0 Å². The van der Waals surface area contributed by atoms with Crippen LogP contribution in [0.3, 0.4) is 0 Å². The zero-order chi connectivity index (χ0) is 12.6. The molecule has 1 saturated heterocycles. The normalized spacial score (nSPS) is 21.9. The molecular weight excluding hydrogens is 252 g/mol. The number of aliphatic hydroxyl groups is 1. The summed E-state index contributed by atoms with van der Waals surface area (Å²) in [7, 11) is -3.92. The van der Waals surface area contributed by atoms with E-state index in [1.54, 1.807) is 0 Å². The molecule has 1 aromatic carbocycles. The largest absolute Gasteiger partial charge is 0.392 e. The molecule has 4 nitrogen and oxygen atoms in total. The molecule has 0 unspecified atom stereocenters. The Kier molecular flexibility index (Phi) is 3.15. The van der Waals surface area contributed by atoms with Gasteiger partial charge in [-0.05, 0) is 18.6 Å².